The van der Waals surface area contributed by atoms with Gasteiger partial charge in [-0.1, -0.05) is 0 Å². The van der Waals surface area contributed by atoms with Gasteiger partial charge in [-0.25, -0.2) is 0 Å². The number of hydrogen-bond donors (Lipinski definition) is 3. The van der Waals surface area contributed by atoms with Crippen molar-refractivity contribution in [3.63, 3.8) is 0 Å². The number of nitrogens with two attached hydrogens (primary N) is 1. The van der Waals surface area contributed by atoms with E-state index in [0.29, 0.717) is 13.0 Å². The molecule has 1 aliphatic rings. The summed E-state index contributed by atoms with van der Waals surface area (Å²) in [4.78, 5) is 11.0. The minimum Gasteiger partial charge on any atom is -0.359 e. The number of amides is 1. The SMILES string of the molecule is CNC(=O)CC(CN)NCC1CC1. The number of nitrogens with one attached hydrogen (secondary N) is 2. The molecule has 0 heterocycles. The van der Waals surface area contributed by atoms with Crippen LogP contribution in [0.15, 0.2) is 0 Å². The standard InChI is InChI=1S/C9H19N3O/c1-11-9(13)4-8(5-10)12-6-7-2-3-7/h7-8,12H,2-6,10H2,1H3,(H,11,13). The largest absolute Gasteiger partial charge is 0.359 e. The second kappa shape index (κ2) is 5.19. The minimum atomic E-state index is 0.0544. The monoisotopic (exact) mass is 185 g/mol. The van der Waals surface area contributed by atoms with Crippen molar-refractivity contribution in [1.82, 2.24) is 10.6 Å². The van der Waals surface area contributed by atoms with Gasteiger partial charge >= 0.3 is 0 Å². The summed E-state index contributed by atoms with van der Waals surface area (Å²) in [6.45, 7) is 1.54. The molecule has 76 valence electrons. The summed E-state index contributed by atoms with van der Waals surface area (Å²) in [5.74, 6) is 0.887. The Balaban J connectivity index is 2.12. The molecule has 1 aliphatic carbocycles. The van der Waals surface area contributed by atoms with Gasteiger partial charge in [-0.15, -0.1) is 0 Å². The summed E-state index contributed by atoms with van der Waals surface area (Å²) < 4.78 is 0. The average Bonchev–Trinajstić information content (AvgIpc) is 2.95. The van der Waals surface area contributed by atoms with Gasteiger partial charge in [0.1, 0.15) is 0 Å². The first-order valence-electron chi connectivity index (χ1n) is 4.90. The topological polar surface area (TPSA) is 67.2 Å². The Kier molecular flexibility index (Phi) is 4.18. The molecule has 0 aliphatic heterocycles. The molecule has 0 aromatic rings. The van der Waals surface area contributed by atoms with E-state index in [1.165, 1.54) is 12.8 Å². The maximum atomic E-state index is 11.0. The Hall–Kier alpha value is -0.610. The van der Waals surface area contributed by atoms with Crippen LogP contribution < -0.4 is 16.4 Å². The molecule has 0 bridgehead atoms. The van der Waals surface area contributed by atoms with Crippen LogP contribution >= 0.6 is 0 Å². The molecule has 0 radical (unpaired) electrons. The summed E-state index contributed by atoms with van der Waals surface area (Å²) in [6, 6.07) is 0.139. The Labute approximate surface area is 79.3 Å². The van der Waals surface area contributed by atoms with Gasteiger partial charge in [0.25, 0.3) is 0 Å². The van der Waals surface area contributed by atoms with Crippen molar-refractivity contribution in [2.24, 2.45) is 11.7 Å². The summed E-state index contributed by atoms with van der Waals surface area (Å²) in [5.41, 5.74) is 5.54. The highest BCUT2D eigenvalue weighted by atomic mass is 16.1. The molecular weight excluding hydrogens is 166 g/mol. The molecule has 4 nitrogen and oxygen atoms in total. The quantitative estimate of drug-likeness (QED) is 0.520. The third kappa shape index (κ3) is 4.24. The molecule has 0 spiro atoms. The van der Waals surface area contributed by atoms with Crippen molar-refractivity contribution >= 4 is 5.91 Å². The van der Waals surface area contributed by atoms with E-state index in [1.807, 2.05) is 0 Å². The highest BCUT2D eigenvalue weighted by Gasteiger charge is 2.22. The zero-order valence-electron chi connectivity index (χ0n) is 8.18. The summed E-state index contributed by atoms with van der Waals surface area (Å²) in [5, 5.41) is 5.91. The molecule has 4 heteroatoms. The van der Waals surface area contributed by atoms with Gasteiger partial charge < -0.3 is 16.4 Å². The highest BCUT2D eigenvalue weighted by molar-refractivity contribution is 5.76. The van der Waals surface area contributed by atoms with E-state index in [0.717, 1.165) is 12.5 Å². The van der Waals surface area contributed by atoms with Crippen LogP contribution in [0.1, 0.15) is 19.3 Å². The van der Waals surface area contributed by atoms with Gasteiger partial charge in [-0.05, 0) is 25.3 Å². The highest BCUT2D eigenvalue weighted by Crippen LogP contribution is 2.27. The number of carbonyl (C=O) groups excluding carboxylic acids is 1. The Morgan fingerprint density at radius 2 is 2.31 bits per heavy atom. The molecular formula is C9H19N3O. The van der Waals surface area contributed by atoms with Crippen LogP contribution in [0.5, 0.6) is 0 Å². The summed E-state index contributed by atoms with van der Waals surface area (Å²) in [6.07, 6.45) is 3.13. The predicted molar refractivity (Wildman–Crippen MR) is 52.3 cm³/mol. The first-order chi connectivity index (χ1) is 6.26. The Morgan fingerprint density at radius 3 is 2.77 bits per heavy atom. The molecule has 1 amide bonds. The van der Waals surface area contributed by atoms with Crippen LogP contribution in [0.25, 0.3) is 0 Å². The van der Waals surface area contributed by atoms with Crippen molar-refractivity contribution in [1.29, 1.82) is 0 Å². The zero-order valence-corrected chi connectivity index (χ0v) is 8.18. The lowest BCUT2D eigenvalue weighted by Crippen LogP contribution is -2.40. The summed E-state index contributed by atoms with van der Waals surface area (Å²) >= 11 is 0. The van der Waals surface area contributed by atoms with Crippen LogP contribution in [0.4, 0.5) is 0 Å². The van der Waals surface area contributed by atoms with E-state index in [1.54, 1.807) is 7.05 Å². The zero-order chi connectivity index (χ0) is 9.68. The van der Waals surface area contributed by atoms with Crippen LogP contribution in [0.3, 0.4) is 0 Å². The van der Waals surface area contributed by atoms with Crippen molar-refractivity contribution in [2.75, 3.05) is 20.1 Å². The van der Waals surface area contributed by atoms with E-state index < -0.39 is 0 Å². The molecule has 0 aromatic heterocycles. The molecule has 0 aromatic carbocycles. The maximum absolute atomic E-state index is 11.0. The first kappa shape index (κ1) is 10.5. The smallest absolute Gasteiger partial charge is 0.221 e. The summed E-state index contributed by atoms with van der Waals surface area (Å²) in [7, 11) is 1.65. The molecule has 0 saturated heterocycles. The van der Waals surface area contributed by atoms with Gasteiger partial charge in [-0.2, -0.15) is 0 Å². The molecule has 1 saturated carbocycles. The molecule has 1 unspecified atom stereocenters. The van der Waals surface area contributed by atoms with E-state index in [4.69, 9.17) is 5.73 Å². The van der Waals surface area contributed by atoms with Crippen molar-refractivity contribution in [3.8, 4) is 0 Å². The van der Waals surface area contributed by atoms with E-state index >= 15 is 0 Å². The number of hydrogen-bond acceptors (Lipinski definition) is 3. The molecule has 4 N–H and O–H groups in total. The van der Waals surface area contributed by atoms with Crippen LogP contribution in [0, 0.1) is 5.92 Å². The van der Waals surface area contributed by atoms with E-state index in [-0.39, 0.29) is 11.9 Å². The first-order valence-corrected chi connectivity index (χ1v) is 4.90. The lowest BCUT2D eigenvalue weighted by Gasteiger charge is -2.15. The third-order valence-corrected chi connectivity index (χ3v) is 2.39. The van der Waals surface area contributed by atoms with Crippen molar-refractivity contribution in [2.45, 2.75) is 25.3 Å². The number of carbonyl (C=O) groups is 1. The van der Waals surface area contributed by atoms with Gasteiger partial charge in [-0.3, -0.25) is 4.79 Å². The minimum absolute atomic E-state index is 0.0544. The Morgan fingerprint density at radius 1 is 1.62 bits per heavy atom. The molecule has 13 heavy (non-hydrogen) atoms. The fraction of sp³-hybridized carbons (Fsp3) is 0.889. The van der Waals surface area contributed by atoms with Crippen LogP contribution in [-0.2, 0) is 4.79 Å². The fourth-order valence-electron chi connectivity index (χ4n) is 1.22. The van der Waals surface area contributed by atoms with Crippen molar-refractivity contribution in [3.05, 3.63) is 0 Å². The number of rotatable bonds is 6. The average molecular weight is 185 g/mol. The van der Waals surface area contributed by atoms with Crippen molar-refractivity contribution < 1.29 is 4.79 Å². The van der Waals surface area contributed by atoms with E-state index in [9.17, 15) is 4.79 Å². The van der Waals surface area contributed by atoms with Crippen LogP contribution in [-0.4, -0.2) is 32.1 Å². The molecule has 1 atom stereocenters. The second-order valence-corrected chi connectivity index (χ2v) is 3.66. The Bertz CT molecular complexity index is 168. The van der Waals surface area contributed by atoms with Gasteiger partial charge in [0.05, 0.1) is 0 Å². The van der Waals surface area contributed by atoms with Gasteiger partial charge in [0.2, 0.25) is 5.91 Å². The molecule has 1 fully saturated rings. The lowest BCUT2D eigenvalue weighted by atomic mass is 10.2. The lowest BCUT2D eigenvalue weighted by molar-refractivity contribution is -0.121. The third-order valence-electron chi connectivity index (χ3n) is 2.39. The normalized spacial score (nSPS) is 18.3. The molecule has 1 rings (SSSR count). The van der Waals surface area contributed by atoms with Crippen LogP contribution in [0.2, 0.25) is 0 Å². The second-order valence-electron chi connectivity index (χ2n) is 3.66. The van der Waals surface area contributed by atoms with E-state index in [2.05, 4.69) is 10.6 Å². The predicted octanol–water partition coefficient (Wildman–Crippen LogP) is -0.551. The van der Waals surface area contributed by atoms with Gasteiger partial charge in [0.15, 0.2) is 0 Å². The van der Waals surface area contributed by atoms with Gasteiger partial charge in [0, 0.05) is 26.1 Å². The maximum Gasteiger partial charge on any atom is 0.221 e. The fourth-order valence-corrected chi connectivity index (χ4v) is 1.22.